The van der Waals surface area contributed by atoms with E-state index in [1.54, 1.807) is 11.6 Å². The van der Waals surface area contributed by atoms with Crippen molar-refractivity contribution in [1.82, 2.24) is 29.4 Å². The summed E-state index contributed by atoms with van der Waals surface area (Å²) in [5.41, 5.74) is 1.86. The molecule has 1 saturated heterocycles. The van der Waals surface area contributed by atoms with Crippen LogP contribution in [0.15, 0.2) is 18.5 Å². The minimum atomic E-state index is -0.521. The van der Waals surface area contributed by atoms with E-state index in [0.717, 1.165) is 19.6 Å². The van der Waals surface area contributed by atoms with Gasteiger partial charge >= 0.3 is 5.82 Å². The number of nitrogens with zero attached hydrogens (tertiary/aromatic N) is 7. The van der Waals surface area contributed by atoms with Crippen LogP contribution in [0.25, 0.3) is 0 Å². The maximum atomic E-state index is 12.4. The van der Waals surface area contributed by atoms with Crippen molar-refractivity contribution in [2.75, 3.05) is 26.2 Å². The minimum absolute atomic E-state index is 0.0589. The van der Waals surface area contributed by atoms with Crippen LogP contribution in [0.5, 0.6) is 0 Å². The number of rotatable bonds is 6. The first-order valence-corrected chi connectivity index (χ1v) is 8.59. The number of carbonyl (C=O) groups is 1. The van der Waals surface area contributed by atoms with Crippen LogP contribution in [-0.2, 0) is 24.9 Å². The highest BCUT2D eigenvalue weighted by atomic mass is 16.6. The zero-order valence-electron chi connectivity index (χ0n) is 15.0. The Bertz CT molecular complexity index is 790. The van der Waals surface area contributed by atoms with E-state index in [1.807, 2.05) is 24.3 Å². The summed E-state index contributed by atoms with van der Waals surface area (Å²) in [6.45, 7) is 5.98. The summed E-state index contributed by atoms with van der Waals surface area (Å²) in [7, 11) is 1.90. The molecule has 1 amide bonds. The third-order valence-corrected chi connectivity index (χ3v) is 4.58. The molecular formula is C16H23N7O3. The van der Waals surface area contributed by atoms with Crippen LogP contribution in [0.3, 0.4) is 0 Å². The van der Waals surface area contributed by atoms with Gasteiger partial charge in [0.1, 0.15) is 0 Å². The molecule has 140 valence electrons. The summed E-state index contributed by atoms with van der Waals surface area (Å²) in [4.78, 5) is 26.8. The molecule has 0 radical (unpaired) electrons. The first-order chi connectivity index (χ1) is 12.4. The Morgan fingerprint density at radius 3 is 2.62 bits per heavy atom. The van der Waals surface area contributed by atoms with Crippen molar-refractivity contribution in [3.8, 4) is 0 Å². The first-order valence-electron chi connectivity index (χ1n) is 8.59. The lowest BCUT2D eigenvalue weighted by molar-refractivity contribution is -0.389. The summed E-state index contributed by atoms with van der Waals surface area (Å²) < 4.78 is 3.31. The third-order valence-electron chi connectivity index (χ3n) is 4.58. The van der Waals surface area contributed by atoms with E-state index in [1.165, 1.54) is 16.3 Å². The fourth-order valence-corrected chi connectivity index (χ4v) is 3.14. The maximum Gasteiger partial charge on any atom is 0.390 e. The largest absolute Gasteiger partial charge is 0.390 e. The second-order valence-corrected chi connectivity index (χ2v) is 6.55. The standard InChI is InChI=1S/C16H23N7O3/c1-13-9-15(23(25)26)18-22(13)4-3-16(24)21-7-5-20(6-8-21)12-14-10-17-19(2)11-14/h9-11H,3-8,12H2,1-2H3. The van der Waals surface area contributed by atoms with E-state index in [9.17, 15) is 14.9 Å². The zero-order chi connectivity index (χ0) is 18.7. The number of hydrogen-bond acceptors (Lipinski definition) is 6. The third kappa shape index (κ3) is 4.26. The average molecular weight is 361 g/mol. The molecule has 0 N–H and O–H groups in total. The molecule has 10 nitrogen and oxygen atoms in total. The summed E-state index contributed by atoms with van der Waals surface area (Å²) in [6, 6.07) is 1.42. The molecule has 2 aromatic rings. The van der Waals surface area contributed by atoms with Crippen LogP contribution in [-0.4, -0.2) is 66.4 Å². The fourth-order valence-electron chi connectivity index (χ4n) is 3.14. The molecule has 1 aliphatic heterocycles. The maximum absolute atomic E-state index is 12.4. The van der Waals surface area contributed by atoms with Gasteiger partial charge in [-0.2, -0.15) is 9.78 Å². The molecule has 1 aliphatic rings. The second kappa shape index (κ2) is 7.65. The average Bonchev–Trinajstić information content (AvgIpc) is 3.19. The van der Waals surface area contributed by atoms with Gasteiger partial charge in [-0.3, -0.25) is 14.4 Å². The van der Waals surface area contributed by atoms with Crippen molar-refractivity contribution in [2.24, 2.45) is 7.05 Å². The number of aryl methyl sites for hydroxylation is 3. The lowest BCUT2D eigenvalue weighted by Crippen LogP contribution is -2.48. The summed E-state index contributed by atoms with van der Waals surface area (Å²) in [5.74, 6) is -0.123. The van der Waals surface area contributed by atoms with Gasteiger partial charge in [0.2, 0.25) is 5.91 Å². The molecule has 0 unspecified atom stereocenters. The molecule has 0 atom stereocenters. The Morgan fingerprint density at radius 2 is 2.04 bits per heavy atom. The highest BCUT2D eigenvalue weighted by molar-refractivity contribution is 5.76. The van der Waals surface area contributed by atoms with E-state index in [2.05, 4.69) is 15.1 Å². The highest BCUT2D eigenvalue weighted by Crippen LogP contribution is 2.13. The van der Waals surface area contributed by atoms with Gasteiger partial charge in [-0.25, -0.2) is 0 Å². The van der Waals surface area contributed by atoms with Crippen LogP contribution < -0.4 is 0 Å². The van der Waals surface area contributed by atoms with Crippen molar-refractivity contribution >= 4 is 11.7 Å². The van der Waals surface area contributed by atoms with Gasteiger partial charge in [-0.1, -0.05) is 0 Å². The predicted molar refractivity (Wildman–Crippen MR) is 93.3 cm³/mol. The molecule has 0 aliphatic carbocycles. The Kier molecular flexibility index (Phi) is 5.31. The van der Waals surface area contributed by atoms with Crippen LogP contribution in [0, 0.1) is 17.0 Å². The van der Waals surface area contributed by atoms with Gasteiger partial charge in [0.15, 0.2) is 0 Å². The second-order valence-electron chi connectivity index (χ2n) is 6.55. The van der Waals surface area contributed by atoms with Gasteiger partial charge in [0, 0.05) is 58.0 Å². The van der Waals surface area contributed by atoms with Crippen LogP contribution in [0.4, 0.5) is 5.82 Å². The van der Waals surface area contributed by atoms with Crippen LogP contribution in [0.1, 0.15) is 17.7 Å². The van der Waals surface area contributed by atoms with E-state index in [-0.39, 0.29) is 11.7 Å². The van der Waals surface area contributed by atoms with E-state index in [0.29, 0.717) is 31.7 Å². The Morgan fingerprint density at radius 1 is 1.31 bits per heavy atom. The molecule has 0 bridgehead atoms. The summed E-state index contributed by atoms with van der Waals surface area (Å²) in [5, 5.41) is 18.9. The zero-order valence-corrected chi connectivity index (χ0v) is 15.0. The van der Waals surface area contributed by atoms with Crippen LogP contribution >= 0.6 is 0 Å². The molecule has 26 heavy (non-hydrogen) atoms. The Balaban J connectivity index is 1.45. The molecule has 1 fully saturated rings. The van der Waals surface area contributed by atoms with Crippen molar-refractivity contribution in [1.29, 1.82) is 0 Å². The molecular weight excluding hydrogens is 338 g/mol. The summed E-state index contributed by atoms with van der Waals surface area (Å²) >= 11 is 0. The number of piperazine rings is 1. The van der Waals surface area contributed by atoms with Gasteiger partial charge in [0.25, 0.3) is 0 Å². The van der Waals surface area contributed by atoms with E-state index >= 15 is 0 Å². The van der Waals surface area contributed by atoms with Gasteiger partial charge in [-0.15, -0.1) is 0 Å². The van der Waals surface area contributed by atoms with E-state index < -0.39 is 4.92 Å². The van der Waals surface area contributed by atoms with Crippen molar-refractivity contribution in [2.45, 2.75) is 26.4 Å². The molecule has 0 saturated carbocycles. The molecule has 0 spiro atoms. The quantitative estimate of drug-likeness (QED) is 0.550. The number of carbonyl (C=O) groups excluding carboxylic acids is 1. The highest BCUT2D eigenvalue weighted by Gasteiger charge is 2.22. The molecule has 10 heteroatoms. The molecule has 3 heterocycles. The van der Waals surface area contributed by atoms with Gasteiger partial charge in [-0.05, 0) is 11.8 Å². The number of hydrogen-bond donors (Lipinski definition) is 0. The lowest BCUT2D eigenvalue weighted by Gasteiger charge is -2.34. The van der Waals surface area contributed by atoms with Gasteiger partial charge in [0.05, 0.1) is 29.6 Å². The predicted octanol–water partition coefficient (Wildman–Crippen LogP) is 0.568. The lowest BCUT2D eigenvalue weighted by atomic mass is 10.2. The summed E-state index contributed by atoms with van der Waals surface area (Å²) in [6.07, 6.45) is 4.16. The smallest absolute Gasteiger partial charge is 0.358 e. The first kappa shape index (κ1) is 18.1. The Hall–Kier alpha value is -2.75. The normalized spacial score (nSPS) is 15.4. The topological polar surface area (TPSA) is 102 Å². The molecule has 2 aromatic heterocycles. The number of nitro groups is 1. The molecule has 3 rings (SSSR count). The fraction of sp³-hybridized carbons (Fsp3) is 0.562. The SMILES string of the molecule is Cc1cc([N+](=O)[O-])nn1CCC(=O)N1CCN(Cc2cnn(C)c2)CC1. The Labute approximate surface area is 151 Å². The van der Waals surface area contributed by atoms with Crippen molar-refractivity contribution in [3.05, 3.63) is 39.8 Å². The van der Waals surface area contributed by atoms with Crippen molar-refractivity contribution in [3.63, 3.8) is 0 Å². The van der Waals surface area contributed by atoms with Crippen LogP contribution in [0.2, 0.25) is 0 Å². The molecule has 0 aromatic carbocycles. The minimum Gasteiger partial charge on any atom is -0.358 e. The van der Waals surface area contributed by atoms with E-state index in [4.69, 9.17) is 0 Å². The van der Waals surface area contributed by atoms with Gasteiger partial charge < -0.3 is 15.0 Å². The number of amides is 1. The van der Waals surface area contributed by atoms with Crippen molar-refractivity contribution < 1.29 is 9.72 Å². The number of aromatic nitrogens is 4. The monoisotopic (exact) mass is 361 g/mol.